The van der Waals surface area contributed by atoms with E-state index in [2.05, 4.69) is 0 Å². The summed E-state index contributed by atoms with van der Waals surface area (Å²) in [6, 6.07) is 13.7. The molecule has 2 atom stereocenters. The van der Waals surface area contributed by atoms with Crippen LogP contribution >= 0.6 is 0 Å². The first-order valence-electron chi connectivity index (χ1n) is 7.43. The SMILES string of the molecule is Cc1cc(C)c(S(=O)(=O)N2C[C@@]2(C)c2ccccc2)c(C)c1. The van der Waals surface area contributed by atoms with Gasteiger partial charge in [0.2, 0.25) is 10.0 Å². The minimum Gasteiger partial charge on any atom is -0.207 e. The van der Waals surface area contributed by atoms with Crippen LogP contribution in [0.25, 0.3) is 0 Å². The standard InChI is InChI=1S/C18H21NO2S/c1-13-10-14(2)17(15(3)11-13)22(20,21)19-12-18(19,4)16-8-6-5-7-9-16/h5-11H,12H2,1-4H3/t18-,19?/m0/s1. The molecule has 0 N–H and O–H groups in total. The molecular formula is C18H21NO2S. The fraction of sp³-hybridized carbons (Fsp3) is 0.333. The van der Waals surface area contributed by atoms with Crippen LogP contribution in [0.2, 0.25) is 0 Å². The predicted octanol–water partition coefficient (Wildman–Crippen LogP) is 3.53. The van der Waals surface area contributed by atoms with Gasteiger partial charge in [0.15, 0.2) is 0 Å². The summed E-state index contributed by atoms with van der Waals surface area (Å²) in [6.45, 7) is 8.25. The third-order valence-corrected chi connectivity index (χ3v) is 6.72. The summed E-state index contributed by atoms with van der Waals surface area (Å²) in [4.78, 5) is 0.456. The zero-order valence-electron chi connectivity index (χ0n) is 13.4. The van der Waals surface area contributed by atoms with Crippen LogP contribution in [0.4, 0.5) is 0 Å². The van der Waals surface area contributed by atoms with Crippen LogP contribution in [0.15, 0.2) is 47.4 Å². The maximum atomic E-state index is 13.1. The van der Waals surface area contributed by atoms with Gasteiger partial charge in [0.05, 0.1) is 10.4 Å². The quantitative estimate of drug-likeness (QED) is 0.813. The molecule has 2 aromatic carbocycles. The highest BCUT2D eigenvalue weighted by molar-refractivity contribution is 7.89. The Morgan fingerprint density at radius 2 is 1.55 bits per heavy atom. The highest BCUT2D eigenvalue weighted by Gasteiger charge is 2.56. The number of aryl methyl sites for hydroxylation is 3. The van der Waals surface area contributed by atoms with Gasteiger partial charge in [0, 0.05) is 6.54 Å². The molecule has 0 radical (unpaired) electrons. The number of benzene rings is 2. The van der Waals surface area contributed by atoms with Crippen LogP contribution in [-0.4, -0.2) is 19.3 Å². The summed E-state index contributed by atoms with van der Waals surface area (Å²) in [5.41, 5.74) is 3.34. The maximum Gasteiger partial charge on any atom is 0.244 e. The number of sulfonamides is 1. The number of nitrogens with zero attached hydrogens (tertiary/aromatic N) is 1. The third-order valence-electron chi connectivity index (χ3n) is 4.45. The molecule has 0 aromatic heterocycles. The second-order valence-corrected chi connectivity index (χ2v) is 8.18. The van der Waals surface area contributed by atoms with Crippen molar-refractivity contribution in [2.75, 3.05) is 6.54 Å². The van der Waals surface area contributed by atoms with E-state index in [1.165, 1.54) is 0 Å². The van der Waals surface area contributed by atoms with Gasteiger partial charge in [-0.15, -0.1) is 0 Å². The van der Waals surface area contributed by atoms with Gasteiger partial charge in [-0.05, 0) is 44.4 Å². The van der Waals surface area contributed by atoms with Crippen LogP contribution in [0.3, 0.4) is 0 Å². The second-order valence-electron chi connectivity index (χ2n) is 6.38. The second kappa shape index (κ2) is 4.93. The molecule has 3 rings (SSSR count). The molecule has 1 aliphatic rings. The molecule has 4 heteroatoms. The number of hydrogen-bond acceptors (Lipinski definition) is 2. The molecule has 22 heavy (non-hydrogen) atoms. The van der Waals surface area contributed by atoms with Crippen molar-refractivity contribution in [1.29, 1.82) is 0 Å². The molecule has 0 bridgehead atoms. The monoisotopic (exact) mass is 315 g/mol. The summed E-state index contributed by atoms with van der Waals surface area (Å²) in [6.07, 6.45) is 0. The normalized spacial score (nSPS) is 24.3. The Labute approximate surface area is 132 Å². The summed E-state index contributed by atoms with van der Waals surface area (Å²) < 4.78 is 27.7. The molecule has 116 valence electrons. The van der Waals surface area contributed by atoms with Gasteiger partial charge in [-0.1, -0.05) is 48.0 Å². The van der Waals surface area contributed by atoms with Crippen LogP contribution < -0.4 is 0 Å². The first-order chi connectivity index (χ1) is 10.3. The topological polar surface area (TPSA) is 37.1 Å². The van der Waals surface area contributed by atoms with Gasteiger partial charge < -0.3 is 0 Å². The Hall–Kier alpha value is -1.65. The third kappa shape index (κ3) is 2.27. The molecule has 1 aliphatic heterocycles. The lowest BCUT2D eigenvalue weighted by atomic mass is 10.0. The Kier molecular flexibility index (Phi) is 3.42. The molecule has 1 saturated heterocycles. The molecule has 1 unspecified atom stereocenters. The van der Waals surface area contributed by atoms with Crippen LogP contribution in [0.5, 0.6) is 0 Å². The zero-order chi connectivity index (χ0) is 16.1. The van der Waals surface area contributed by atoms with Crippen molar-refractivity contribution < 1.29 is 8.42 Å². The Morgan fingerprint density at radius 1 is 1.00 bits per heavy atom. The van der Waals surface area contributed by atoms with Gasteiger partial charge in [-0.3, -0.25) is 0 Å². The Morgan fingerprint density at radius 3 is 2.09 bits per heavy atom. The van der Waals surface area contributed by atoms with E-state index in [-0.39, 0.29) is 0 Å². The van der Waals surface area contributed by atoms with E-state index in [1.54, 1.807) is 4.31 Å². The van der Waals surface area contributed by atoms with E-state index in [9.17, 15) is 8.42 Å². The maximum absolute atomic E-state index is 13.1. The summed E-state index contributed by atoms with van der Waals surface area (Å²) in [7, 11) is -3.47. The lowest BCUT2D eigenvalue weighted by Gasteiger charge is -2.17. The highest BCUT2D eigenvalue weighted by atomic mass is 32.2. The van der Waals surface area contributed by atoms with E-state index in [1.807, 2.05) is 70.2 Å². The van der Waals surface area contributed by atoms with Crippen molar-refractivity contribution in [2.45, 2.75) is 38.1 Å². The summed E-state index contributed by atoms with van der Waals surface area (Å²) in [5, 5.41) is 0. The molecule has 0 saturated carbocycles. The summed E-state index contributed by atoms with van der Waals surface area (Å²) >= 11 is 0. The molecule has 0 spiro atoms. The predicted molar refractivity (Wildman–Crippen MR) is 88.3 cm³/mol. The highest BCUT2D eigenvalue weighted by Crippen LogP contribution is 2.47. The first kappa shape index (κ1) is 15.3. The van der Waals surface area contributed by atoms with Crippen molar-refractivity contribution in [3.8, 4) is 0 Å². The van der Waals surface area contributed by atoms with Crippen molar-refractivity contribution in [2.24, 2.45) is 0 Å². The van der Waals surface area contributed by atoms with E-state index < -0.39 is 15.6 Å². The minimum atomic E-state index is -3.47. The average molecular weight is 315 g/mol. The molecule has 3 nitrogen and oxygen atoms in total. The van der Waals surface area contributed by atoms with Crippen molar-refractivity contribution in [3.63, 3.8) is 0 Å². The Bertz CT molecular complexity index is 804. The minimum absolute atomic E-state index is 0.427. The van der Waals surface area contributed by atoms with Crippen LogP contribution in [-0.2, 0) is 15.6 Å². The van der Waals surface area contributed by atoms with Crippen molar-refractivity contribution in [1.82, 2.24) is 4.31 Å². The van der Waals surface area contributed by atoms with Gasteiger partial charge in [0.25, 0.3) is 0 Å². The molecule has 1 fully saturated rings. The number of rotatable bonds is 3. The zero-order valence-corrected chi connectivity index (χ0v) is 14.2. The van der Waals surface area contributed by atoms with Crippen LogP contribution in [0, 0.1) is 20.8 Å². The van der Waals surface area contributed by atoms with Crippen LogP contribution in [0.1, 0.15) is 29.2 Å². The molecule has 0 amide bonds. The van der Waals surface area contributed by atoms with Crippen molar-refractivity contribution in [3.05, 3.63) is 64.7 Å². The lowest BCUT2D eigenvalue weighted by molar-refractivity contribution is 0.522. The molecule has 1 heterocycles. The van der Waals surface area contributed by atoms with Crippen molar-refractivity contribution >= 4 is 10.0 Å². The van der Waals surface area contributed by atoms with E-state index in [0.717, 1.165) is 22.3 Å². The van der Waals surface area contributed by atoms with Gasteiger partial charge >= 0.3 is 0 Å². The first-order valence-corrected chi connectivity index (χ1v) is 8.87. The smallest absolute Gasteiger partial charge is 0.207 e. The molecule has 2 aromatic rings. The largest absolute Gasteiger partial charge is 0.244 e. The van der Waals surface area contributed by atoms with E-state index in [4.69, 9.17) is 0 Å². The van der Waals surface area contributed by atoms with Gasteiger partial charge in [0.1, 0.15) is 0 Å². The fourth-order valence-electron chi connectivity index (χ4n) is 3.31. The van der Waals surface area contributed by atoms with E-state index >= 15 is 0 Å². The fourth-order valence-corrected chi connectivity index (χ4v) is 5.52. The van der Waals surface area contributed by atoms with Gasteiger partial charge in [-0.2, -0.15) is 4.31 Å². The molecular weight excluding hydrogens is 294 g/mol. The molecule has 0 aliphatic carbocycles. The Balaban J connectivity index is 2.04. The van der Waals surface area contributed by atoms with E-state index in [0.29, 0.717) is 11.4 Å². The average Bonchev–Trinajstić information content (AvgIpc) is 3.13. The summed E-state index contributed by atoms with van der Waals surface area (Å²) in [5.74, 6) is 0. The lowest BCUT2D eigenvalue weighted by Crippen LogP contribution is -2.21. The van der Waals surface area contributed by atoms with Gasteiger partial charge in [-0.25, -0.2) is 8.42 Å². The number of hydrogen-bond donors (Lipinski definition) is 0.